The molecule has 0 amide bonds. The van der Waals surface area contributed by atoms with Crippen molar-refractivity contribution in [3.8, 4) is 5.75 Å². The quantitative estimate of drug-likeness (QED) is 0.385. The Kier molecular flexibility index (Phi) is 7.15. The van der Waals surface area contributed by atoms with Crippen LogP contribution >= 0.6 is 0 Å². The second-order valence-electron chi connectivity index (χ2n) is 5.82. The van der Waals surface area contributed by atoms with Gasteiger partial charge in [-0.3, -0.25) is 0 Å². The number of benzene rings is 1. The summed E-state index contributed by atoms with van der Waals surface area (Å²) in [5.74, 6) is 0.744. The van der Waals surface area contributed by atoms with Gasteiger partial charge in [-0.2, -0.15) is 0 Å². The van der Waals surface area contributed by atoms with E-state index in [1.165, 1.54) is 0 Å². The predicted molar refractivity (Wildman–Crippen MR) is 92.6 cm³/mol. The zero-order chi connectivity index (χ0) is 16.7. The minimum Gasteiger partial charge on any atom is -0.491 e. The maximum absolute atomic E-state index is 5.97. The standard InChI is InChI=1S/C18H30N2O3/c1-4-7-11-21-16-13-14(8-9-15(16)19)17-18(23-17)22-12-10-20(5-2)6-3/h8-9,13,17-18H,4-7,10-12,19H2,1-3H3. The molecule has 5 nitrogen and oxygen atoms in total. The summed E-state index contributed by atoms with van der Waals surface area (Å²) in [6.07, 6.45) is 1.99. The first-order valence-corrected chi connectivity index (χ1v) is 8.71. The van der Waals surface area contributed by atoms with Crippen molar-refractivity contribution in [2.75, 3.05) is 38.6 Å². The summed E-state index contributed by atoms with van der Waals surface area (Å²) in [6, 6.07) is 5.84. The molecule has 1 saturated heterocycles. The van der Waals surface area contributed by atoms with Gasteiger partial charge in [-0.25, -0.2) is 0 Å². The number of nitrogens with two attached hydrogens (primary N) is 1. The van der Waals surface area contributed by atoms with Crippen molar-refractivity contribution in [2.45, 2.75) is 46.0 Å². The van der Waals surface area contributed by atoms with E-state index in [1.807, 2.05) is 18.2 Å². The smallest absolute Gasteiger partial charge is 0.189 e. The van der Waals surface area contributed by atoms with Gasteiger partial charge in [0.05, 0.1) is 18.9 Å². The van der Waals surface area contributed by atoms with Crippen molar-refractivity contribution in [3.05, 3.63) is 23.8 Å². The highest BCUT2D eigenvalue weighted by Gasteiger charge is 2.41. The average molecular weight is 322 g/mol. The maximum atomic E-state index is 5.97. The zero-order valence-electron chi connectivity index (χ0n) is 14.6. The molecule has 2 rings (SSSR count). The summed E-state index contributed by atoms with van der Waals surface area (Å²) in [7, 11) is 0. The van der Waals surface area contributed by atoms with Crippen molar-refractivity contribution in [2.24, 2.45) is 0 Å². The number of rotatable bonds is 11. The van der Waals surface area contributed by atoms with Crippen LogP contribution in [0.15, 0.2) is 18.2 Å². The van der Waals surface area contributed by atoms with Gasteiger partial charge in [-0.05, 0) is 37.2 Å². The van der Waals surface area contributed by atoms with E-state index >= 15 is 0 Å². The third-order valence-electron chi connectivity index (χ3n) is 4.16. The summed E-state index contributed by atoms with van der Waals surface area (Å²) in [4.78, 5) is 2.33. The Balaban J connectivity index is 1.80. The van der Waals surface area contributed by atoms with Crippen LogP contribution in [0.4, 0.5) is 5.69 Å². The number of likely N-dealkylation sites (N-methyl/N-ethyl adjacent to an activating group) is 1. The van der Waals surface area contributed by atoms with Crippen LogP contribution in [0, 0.1) is 0 Å². The van der Waals surface area contributed by atoms with Crippen LogP contribution in [0.5, 0.6) is 5.75 Å². The summed E-state index contributed by atoms with van der Waals surface area (Å²) < 4.78 is 17.2. The molecule has 0 aliphatic carbocycles. The monoisotopic (exact) mass is 322 g/mol. The summed E-state index contributed by atoms with van der Waals surface area (Å²) in [6.45, 7) is 10.9. The molecular weight excluding hydrogens is 292 g/mol. The molecule has 1 aromatic carbocycles. The van der Waals surface area contributed by atoms with E-state index in [-0.39, 0.29) is 12.4 Å². The lowest BCUT2D eigenvalue weighted by molar-refractivity contribution is 0.0371. The Hall–Kier alpha value is -1.30. The van der Waals surface area contributed by atoms with E-state index < -0.39 is 0 Å². The normalized spacial score (nSPS) is 20.0. The summed E-state index contributed by atoms with van der Waals surface area (Å²) >= 11 is 0. The van der Waals surface area contributed by atoms with E-state index in [1.54, 1.807) is 0 Å². The highest BCUT2D eigenvalue weighted by Crippen LogP contribution is 2.41. The topological polar surface area (TPSA) is 60.2 Å². The van der Waals surface area contributed by atoms with E-state index in [0.29, 0.717) is 18.9 Å². The highest BCUT2D eigenvalue weighted by atomic mass is 16.8. The predicted octanol–water partition coefficient (Wildman–Crippen LogP) is 3.20. The van der Waals surface area contributed by atoms with E-state index in [2.05, 4.69) is 25.7 Å². The Bertz CT molecular complexity index is 477. The van der Waals surface area contributed by atoms with Crippen molar-refractivity contribution in [1.29, 1.82) is 0 Å². The largest absolute Gasteiger partial charge is 0.491 e. The van der Waals surface area contributed by atoms with Crippen LogP contribution in [-0.4, -0.2) is 44.0 Å². The molecule has 0 radical (unpaired) electrons. The van der Waals surface area contributed by atoms with Crippen molar-refractivity contribution < 1.29 is 14.2 Å². The lowest BCUT2D eigenvalue weighted by Gasteiger charge is -2.17. The molecule has 2 unspecified atom stereocenters. The average Bonchev–Trinajstić information content (AvgIpc) is 3.33. The molecule has 1 aliphatic rings. The molecule has 0 saturated carbocycles. The number of anilines is 1. The number of nitrogen functional groups attached to an aromatic ring is 1. The number of hydrogen-bond acceptors (Lipinski definition) is 5. The zero-order valence-corrected chi connectivity index (χ0v) is 14.6. The first kappa shape index (κ1) is 18.0. The van der Waals surface area contributed by atoms with Gasteiger partial charge in [0, 0.05) is 6.54 Å². The van der Waals surface area contributed by atoms with Crippen molar-refractivity contribution in [1.82, 2.24) is 4.90 Å². The molecule has 1 heterocycles. The van der Waals surface area contributed by atoms with Gasteiger partial charge in [0.1, 0.15) is 11.9 Å². The number of epoxide rings is 1. The maximum Gasteiger partial charge on any atom is 0.189 e. The molecule has 5 heteroatoms. The number of unbranched alkanes of at least 4 members (excludes halogenated alkanes) is 1. The van der Waals surface area contributed by atoms with Gasteiger partial charge in [-0.1, -0.05) is 33.3 Å². The summed E-state index contributed by atoms with van der Waals surface area (Å²) in [5, 5.41) is 0. The Labute approximate surface area is 139 Å². The second-order valence-corrected chi connectivity index (χ2v) is 5.82. The second kappa shape index (κ2) is 9.11. The summed E-state index contributed by atoms with van der Waals surface area (Å²) in [5.41, 5.74) is 7.71. The SMILES string of the molecule is CCCCOc1cc(C2OC2OCCN(CC)CC)ccc1N. The fourth-order valence-corrected chi connectivity index (χ4v) is 2.48. The lowest BCUT2D eigenvalue weighted by atomic mass is 10.1. The first-order valence-electron chi connectivity index (χ1n) is 8.71. The minimum absolute atomic E-state index is 0.000767. The van der Waals surface area contributed by atoms with Crippen LogP contribution < -0.4 is 10.5 Å². The Morgan fingerprint density at radius 1 is 1.17 bits per heavy atom. The first-order chi connectivity index (χ1) is 11.2. The molecule has 1 fully saturated rings. The van der Waals surface area contributed by atoms with Crippen LogP contribution in [0.3, 0.4) is 0 Å². The van der Waals surface area contributed by atoms with Gasteiger partial charge >= 0.3 is 0 Å². The molecule has 0 aromatic heterocycles. The van der Waals surface area contributed by atoms with Crippen LogP contribution in [-0.2, 0) is 9.47 Å². The molecule has 0 bridgehead atoms. The van der Waals surface area contributed by atoms with Gasteiger partial charge in [-0.15, -0.1) is 0 Å². The van der Waals surface area contributed by atoms with E-state index in [9.17, 15) is 0 Å². The minimum atomic E-state index is -0.141. The van der Waals surface area contributed by atoms with Gasteiger partial charge in [0.15, 0.2) is 6.29 Å². The van der Waals surface area contributed by atoms with Gasteiger partial charge in [0.2, 0.25) is 0 Å². The Morgan fingerprint density at radius 3 is 2.65 bits per heavy atom. The van der Waals surface area contributed by atoms with Crippen LogP contribution in [0.2, 0.25) is 0 Å². The molecule has 2 N–H and O–H groups in total. The fraction of sp³-hybridized carbons (Fsp3) is 0.667. The van der Waals surface area contributed by atoms with E-state index in [0.717, 1.165) is 43.8 Å². The van der Waals surface area contributed by atoms with E-state index in [4.69, 9.17) is 19.9 Å². The third kappa shape index (κ3) is 5.37. The van der Waals surface area contributed by atoms with Crippen molar-refractivity contribution >= 4 is 5.69 Å². The number of ether oxygens (including phenoxy) is 3. The molecule has 1 aromatic rings. The third-order valence-corrected chi connectivity index (χ3v) is 4.16. The molecule has 2 atom stereocenters. The highest BCUT2D eigenvalue weighted by molar-refractivity contribution is 5.54. The number of hydrogen-bond donors (Lipinski definition) is 1. The lowest BCUT2D eigenvalue weighted by Crippen LogP contribution is -2.27. The Morgan fingerprint density at radius 2 is 1.96 bits per heavy atom. The molecule has 0 spiro atoms. The van der Waals surface area contributed by atoms with Crippen LogP contribution in [0.1, 0.15) is 45.3 Å². The fourth-order valence-electron chi connectivity index (χ4n) is 2.48. The molecule has 23 heavy (non-hydrogen) atoms. The number of nitrogens with zero attached hydrogens (tertiary/aromatic N) is 1. The molecule has 1 aliphatic heterocycles. The molecular formula is C18H30N2O3. The van der Waals surface area contributed by atoms with Gasteiger partial charge in [0.25, 0.3) is 0 Å². The van der Waals surface area contributed by atoms with Gasteiger partial charge < -0.3 is 24.8 Å². The molecule has 130 valence electrons. The van der Waals surface area contributed by atoms with Crippen LogP contribution in [0.25, 0.3) is 0 Å². The van der Waals surface area contributed by atoms with Crippen molar-refractivity contribution in [3.63, 3.8) is 0 Å².